The van der Waals surface area contributed by atoms with Gasteiger partial charge < -0.3 is 5.11 Å². The maximum atomic E-state index is 13.8. The van der Waals surface area contributed by atoms with Gasteiger partial charge in [0, 0.05) is 37.4 Å². The van der Waals surface area contributed by atoms with Crippen molar-refractivity contribution >= 4 is 42.4 Å². The Balaban J connectivity index is 1.58. The molecule has 3 unspecified atom stereocenters. The number of hydrogen-bond donors (Lipinski definition) is 1. The molecule has 0 spiro atoms. The van der Waals surface area contributed by atoms with E-state index >= 15 is 0 Å². The minimum absolute atomic E-state index is 0.106. The van der Waals surface area contributed by atoms with Crippen LogP contribution in [0.2, 0.25) is 0 Å². The third-order valence-electron chi connectivity index (χ3n) is 7.73. The second-order valence-corrected chi connectivity index (χ2v) is 13.4. The van der Waals surface area contributed by atoms with E-state index in [4.69, 9.17) is 0 Å². The molecule has 1 aromatic heterocycles. The van der Waals surface area contributed by atoms with E-state index in [1.165, 1.54) is 11.1 Å². The van der Waals surface area contributed by atoms with Gasteiger partial charge in [-0.25, -0.2) is 0 Å². The molecule has 1 aliphatic rings. The van der Waals surface area contributed by atoms with Crippen molar-refractivity contribution in [1.82, 2.24) is 0 Å². The molecule has 0 bridgehead atoms. The highest BCUT2D eigenvalue weighted by Crippen LogP contribution is 2.46. The molecule has 0 amide bonds. The molecule has 6 rings (SSSR count). The Labute approximate surface area is 225 Å². The summed E-state index contributed by atoms with van der Waals surface area (Å²) >= 11 is 1.68. The Morgan fingerprint density at radius 3 is 2.24 bits per heavy atom. The molecule has 1 aliphatic heterocycles. The van der Waals surface area contributed by atoms with E-state index in [-0.39, 0.29) is 5.43 Å². The number of fused-ring (bicyclic) bond motifs is 4. The fourth-order valence-electron chi connectivity index (χ4n) is 5.28. The maximum Gasteiger partial charge on any atom is 0.196 e. The second kappa shape index (κ2) is 9.43. The Kier molecular flexibility index (Phi) is 6.22. The SMILES string of the molecule is CCC(C)c1ccc2c(c1)C(O)c1ccccc1[S+]2c1ccc2sc3ccc(C(C)C)cc3c(=O)c2c1. The molecule has 0 radical (unpaired) electrons. The predicted octanol–water partition coefficient (Wildman–Crippen LogP) is 8.54. The molecule has 0 saturated heterocycles. The van der Waals surface area contributed by atoms with Gasteiger partial charge in [-0.3, -0.25) is 4.79 Å². The summed E-state index contributed by atoms with van der Waals surface area (Å²) in [6.45, 7) is 8.76. The topological polar surface area (TPSA) is 37.3 Å². The van der Waals surface area contributed by atoms with E-state index in [0.29, 0.717) is 11.8 Å². The highest BCUT2D eigenvalue weighted by atomic mass is 32.2. The zero-order chi connectivity index (χ0) is 25.8. The van der Waals surface area contributed by atoms with Crippen LogP contribution >= 0.6 is 11.3 Å². The molecular formula is C33H31O2S2+. The quantitative estimate of drug-likeness (QED) is 0.189. The van der Waals surface area contributed by atoms with E-state index in [1.807, 2.05) is 18.2 Å². The predicted molar refractivity (Wildman–Crippen MR) is 158 cm³/mol. The minimum atomic E-state index is -0.643. The van der Waals surface area contributed by atoms with Gasteiger partial charge in [0.15, 0.2) is 20.1 Å². The first kappa shape index (κ1) is 24.4. The minimum Gasteiger partial charge on any atom is -0.383 e. The van der Waals surface area contributed by atoms with Crippen molar-refractivity contribution in [2.45, 2.75) is 66.7 Å². The van der Waals surface area contributed by atoms with Crippen LogP contribution < -0.4 is 5.43 Å². The van der Waals surface area contributed by atoms with Crippen LogP contribution in [0.3, 0.4) is 0 Å². The van der Waals surface area contributed by atoms with Gasteiger partial charge in [0.1, 0.15) is 17.0 Å². The molecule has 0 saturated carbocycles. The van der Waals surface area contributed by atoms with Gasteiger partial charge in [-0.2, -0.15) is 0 Å². The van der Waals surface area contributed by atoms with Crippen LogP contribution in [0.1, 0.15) is 74.3 Å². The van der Waals surface area contributed by atoms with Crippen molar-refractivity contribution in [3.8, 4) is 0 Å². The zero-order valence-electron chi connectivity index (χ0n) is 21.6. The van der Waals surface area contributed by atoms with Gasteiger partial charge in [-0.1, -0.05) is 58.0 Å². The zero-order valence-corrected chi connectivity index (χ0v) is 23.2. The number of aliphatic hydroxyl groups excluding tert-OH is 1. The van der Waals surface area contributed by atoms with Gasteiger partial charge in [0.2, 0.25) is 0 Å². The molecule has 1 N–H and O–H groups in total. The molecule has 4 heteroatoms. The summed E-state index contributed by atoms with van der Waals surface area (Å²) in [6, 6.07) is 27.6. The van der Waals surface area contributed by atoms with E-state index in [2.05, 4.69) is 88.4 Å². The van der Waals surface area contributed by atoms with Gasteiger partial charge >= 0.3 is 0 Å². The smallest absolute Gasteiger partial charge is 0.196 e. The molecule has 186 valence electrons. The van der Waals surface area contributed by atoms with Crippen molar-refractivity contribution in [1.29, 1.82) is 0 Å². The lowest BCUT2D eigenvalue weighted by atomic mass is 9.93. The first-order chi connectivity index (χ1) is 17.9. The lowest BCUT2D eigenvalue weighted by Gasteiger charge is -2.25. The lowest BCUT2D eigenvalue weighted by Crippen LogP contribution is -2.20. The van der Waals surface area contributed by atoms with Crippen LogP contribution in [0, 0.1) is 0 Å². The Morgan fingerprint density at radius 1 is 0.811 bits per heavy atom. The molecule has 4 aromatic carbocycles. The van der Waals surface area contributed by atoms with Crippen molar-refractivity contribution in [2.24, 2.45) is 0 Å². The standard InChI is InChI=1S/C33H31O2S2/c1-5-20(4)22-11-15-31-27(17-22)32(34)24-8-6-7-9-30(24)37(31)23-12-14-29-26(18-23)33(35)25-16-21(19(2)3)10-13-28(25)36-29/h6-20,32,34H,5H2,1-4H3/q+1. The largest absolute Gasteiger partial charge is 0.383 e. The third-order valence-corrected chi connectivity index (χ3v) is 11.2. The highest BCUT2D eigenvalue weighted by molar-refractivity contribution is 7.97. The number of rotatable bonds is 4. The lowest BCUT2D eigenvalue weighted by molar-refractivity contribution is 0.212. The van der Waals surface area contributed by atoms with Gasteiger partial charge in [-0.15, -0.1) is 11.3 Å². The molecule has 0 aliphatic carbocycles. The van der Waals surface area contributed by atoms with Crippen molar-refractivity contribution in [2.75, 3.05) is 0 Å². The van der Waals surface area contributed by atoms with Gasteiger partial charge in [0.05, 0.1) is 0 Å². The maximum absolute atomic E-state index is 13.8. The first-order valence-corrected chi connectivity index (χ1v) is 15.1. The number of hydrogen-bond acceptors (Lipinski definition) is 3. The fraction of sp³-hybridized carbons (Fsp3) is 0.242. The Hall–Kier alpha value is -2.92. The molecule has 2 heterocycles. The average molecular weight is 524 g/mol. The van der Waals surface area contributed by atoms with Crippen LogP contribution in [0.4, 0.5) is 0 Å². The van der Waals surface area contributed by atoms with Crippen LogP contribution in [0.5, 0.6) is 0 Å². The summed E-state index contributed by atoms with van der Waals surface area (Å²) in [7, 11) is -0.406. The summed E-state index contributed by atoms with van der Waals surface area (Å²) in [5.74, 6) is 0.810. The number of aliphatic hydroxyl groups is 1. The van der Waals surface area contributed by atoms with Crippen molar-refractivity contribution < 1.29 is 5.11 Å². The van der Waals surface area contributed by atoms with Crippen LogP contribution in [0.25, 0.3) is 20.2 Å². The monoisotopic (exact) mass is 523 g/mol. The van der Waals surface area contributed by atoms with E-state index in [1.54, 1.807) is 11.3 Å². The Morgan fingerprint density at radius 2 is 1.49 bits per heavy atom. The first-order valence-electron chi connectivity index (χ1n) is 13.0. The molecule has 37 heavy (non-hydrogen) atoms. The van der Waals surface area contributed by atoms with E-state index in [9.17, 15) is 9.90 Å². The second-order valence-electron chi connectivity index (χ2n) is 10.4. The van der Waals surface area contributed by atoms with Crippen molar-refractivity contribution in [3.05, 3.63) is 111 Å². The molecule has 3 atom stereocenters. The normalized spacial score (nSPS) is 17.7. The van der Waals surface area contributed by atoms with Crippen molar-refractivity contribution in [3.63, 3.8) is 0 Å². The van der Waals surface area contributed by atoms with Gasteiger partial charge in [-0.05, 0) is 71.8 Å². The van der Waals surface area contributed by atoms with Crippen LogP contribution in [0.15, 0.2) is 98.3 Å². The summed E-state index contributed by atoms with van der Waals surface area (Å²) < 4.78 is 2.05. The van der Waals surface area contributed by atoms with Crippen LogP contribution in [-0.4, -0.2) is 5.11 Å². The van der Waals surface area contributed by atoms with Crippen LogP contribution in [-0.2, 0) is 10.9 Å². The number of benzene rings is 4. The fourth-order valence-corrected chi connectivity index (χ4v) is 8.74. The molecular weight excluding hydrogens is 492 g/mol. The summed E-state index contributed by atoms with van der Waals surface area (Å²) in [5.41, 5.74) is 4.51. The highest BCUT2D eigenvalue weighted by Gasteiger charge is 2.41. The summed E-state index contributed by atoms with van der Waals surface area (Å²) in [6.07, 6.45) is 0.414. The summed E-state index contributed by atoms with van der Waals surface area (Å²) in [5, 5.41) is 13.0. The summed E-state index contributed by atoms with van der Waals surface area (Å²) in [4.78, 5) is 17.2. The Bertz CT molecular complexity index is 1720. The third kappa shape index (κ3) is 4.03. The van der Waals surface area contributed by atoms with E-state index < -0.39 is 17.0 Å². The molecule has 0 fully saturated rings. The molecule has 5 aromatic rings. The average Bonchev–Trinajstić information content (AvgIpc) is 2.92. The molecule has 2 nitrogen and oxygen atoms in total. The van der Waals surface area contributed by atoms with E-state index in [0.717, 1.165) is 52.4 Å². The van der Waals surface area contributed by atoms with Gasteiger partial charge in [0.25, 0.3) is 0 Å².